The molecule has 3 N–H and O–H groups in total. The van der Waals surface area contributed by atoms with Crippen LogP contribution in [0.5, 0.6) is 0 Å². The largest absolute Gasteiger partial charge is 0.329 e. The summed E-state index contributed by atoms with van der Waals surface area (Å²) in [5.41, 5.74) is 7.37. The van der Waals surface area contributed by atoms with Crippen LogP contribution in [0.4, 0.5) is 0 Å². The van der Waals surface area contributed by atoms with Gasteiger partial charge in [0, 0.05) is 44.7 Å². The minimum atomic E-state index is 0.0473. The standard InChI is InChI=1S/C16H23N3/c1-2-3-10-18-16(13-17)9-11-19(14-16)12-15-7-5-4-6-8-15/h1,4-8,18H,3,9-14,17H2. The lowest BCUT2D eigenvalue weighted by Crippen LogP contribution is -2.53. The molecule has 19 heavy (non-hydrogen) atoms. The third kappa shape index (κ3) is 3.81. The number of nitrogens with zero attached hydrogens (tertiary/aromatic N) is 1. The molecule has 1 saturated heterocycles. The average Bonchev–Trinajstić information content (AvgIpc) is 2.84. The molecule has 0 bridgehead atoms. The molecule has 0 spiro atoms. The molecular formula is C16H23N3. The molecule has 2 rings (SSSR count). The predicted octanol–water partition coefficient (Wildman–Crippen LogP) is 1.20. The van der Waals surface area contributed by atoms with Gasteiger partial charge in [-0.05, 0) is 12.0 Å². The Morgan fingerprint density at radius 1 is 1.37 bits per heavy atom. The van der Waals surface area contributed by atoms with Crippen molar-refractivity contribution < 1.29 is 0 Å². The number of hydrogen-bond donors (Lipinski definition) is 2. The van der Waals surface area contributed by atoms with E-state index >= 15 is 0 Å². The Kier molecular flexibility index (Phi) is 4.98. The average molecular weight is 257 g/mol. The van der Waals surface area contributed by atoms with E-state index in [1.165, 1.54) is 5.56 Å². The normalized spacial score (nSPS) is 23.4. The first kappa shape index (κ1) is 14.1. The molecular weight excluding hydrogens is 234 g/mol. The van der Waals surface area contributed by atoms with Crippen LogP contribution >= 0.6 is 0 Å². The summed E-state index contributed by atoms with van der Waals surface area (Å²) in [5, 5.41) is 3.55. The smallest absolute Gasteiger partial charge is 0.0445 e. The van der Waals surface area contributed by atoms with Gasteiger partial charge in [-0.3, -0.25) is 4.90 Å². The Morgan fingerprint density at radius 2 is 2.16 bits per heavy atom. The molecule has 3 nitrogen and oxygen atoms in total. The third-order valence-electron chi connectivity index (χ3n) is 3.84. The lowest BCUT2D eigenvalue weighted by molar-refractivity contribution is 0.279. The molecule has 0 aliphatic carbocycles. The molecule has 1 aromatic rings. The van der Waals surface area contributed by atoms with Gasteiger partial charge >= 0.3 is 0 Å². The minimum Gasteiger partial charge on any atom is -0.329 e. The molecule has 1 fully saturated rings. The number of terminal acetylenes is 1. The second-order valence-electron chi connectivity index (χ2n) is 5.31. The van der Waals surface area contributed by atoms with Crippen LogP contribution in [0.25, 0.3) is 0 Å². The highest BCUT2D eigenvalue weighted by Crippen LogP contribution is 2.22. The number of nitrogens with two attached hydrogens (primary N) is 1. The Morgan fingerprint density at radius 3 is 2.84 bits per heavy atom. The van der Waals surface area contributed by atoms with Crippen molar-refractivity contribution >= 4 is 0 Å². The fraction of sp³-hybridized carbons (Fsp3) is 0.500. The van der Waals surface area contributed by atoms with E-state index < -0.39 is 0 Å². The van der Waals surface area contributed by atoms with E-state index in [4.69, 9.17) is 12.2 Å². The summed E-state index contributed by atoms with van der Waals surface area (Å²) in [6, 6.07) is 10.6. The van der Waals surface area contributed by atoms with Gasteiger partial charge < -0.3 is 11.1 Å². The monoisotopic (exact) mass is 257 g/mol. The maximum atomic E-state index is 5.97. The van der Waals surface area contributed by atoms with Crippen molar-refractivity contribution in [2.75, 3.05) is 26.2 Å². The molecule has 0 saturated carbocycles. The van der Waals surface area contributed by atoms with Crippen molar-refractivity contribution in [2.24, 2.45) is 5.73 Å². The van der Waals surface area contributed by atoms with Crippen LogP contribution in [0.15, 0.2) is 30.3 Å². The molecule has 1 aliphatic heterocycles. The first-order chi connectivity index (χ1) is 9.28. The quantitative estimate of drug-likeness (QED) is 0.594. The molecule has 1 atom stereocenters. The van der Waals surface area contributed by atoms with Crippen molar-refractivity contribution in [3.63, 3.8) is 0 Å². The van der Waals surface area contributed by atoms with E-state index in [0.717, 1.165) is 39.0 Å². The van der Waals surface area contributed by atoms with Gasteiger partial charge in [-0.15, -0.1) is 12.3 Å². The number of nitrogens with one attached hydrogen (secondary N) is 1. The Hall–Kier alpha value is -1.34. The number of benzene rings is 1. The summed E-state index contributed by atoms with van der Waals surface area (Å²) in [7, 11) is 0. The Bertz CT molecular complexity index is 423. The summed E-state index contributed by atoms with van der Waals surface area (Å²) in [5.74, 6) is 2.67. The molecule has 1 aliphatic rings. The zero-order chi connectivity index (χ0) is 13.6. The molecule has 0 aromatic heterocycles. The number of rotatable bonds is 6. The van der Waals surface area contributed by atoms with Gasteiger partial charge in [0.15, 0.2) is 0 Å². The lowest BCUT2D eigenvalue weighted by Gasteiger charge is -2.29. The molecule has 102 valence electrons. The molecule has 1 aromatic carbocycles. The van der Waals surface area contributed by atoms with Crippen molar-refractivity contribution in [3.8, 4) is 12.3 Å². The van der Waals surface area contributed by atoms with Gasteiger partial charge in [0.25, 0.3) is 0 Å². The zero-order valence-electron chi connectivity index (χ0n) is 11.4. The molecule has 0 radical (unpaired) electrons. The van der Waals surface area contributed by atoms with Gasteiger partial charge in [-0.25, -0.2) is 0 Å². The van der Waals surface area contributed by atoms with Crippen molar-refractivity contribution in [1.82, 2.24) is 10.2 Å². The summed E-state index contributed by atoms with van der Waals surface area (Å²) in [6.07, 6.45) is 7.16. The van der Waals surface area contributed by atoms with Gasteiger partial charge in [-0.1, -0.05) is 30.3 Å². The van der Waals surface area contributed by atoms with Crippen LogP contribution in [0.1, 0.15) is 18.4 Å². The van der Waals surface area contributed by atoms with Crippen LogP contribution < -0.4 is 11.1 Å². The van der Waals surface area contributed by atoms with Gasteiger partial charge in [0.05, 0.1) is 0 Å². The highest BCUT2D eigenvalue weighted by atomic mass is 15.2. The van der Waals surface area contributed by atoms with Gasteiger partial charge in [0.2, 0.25) is 0 Å². The third-order valence-corrected chi connectivity index (χ3v) is 3.84. The van der Waals surface area contributed by atoms with E-state index in [1.54, 1.807) is 0 Å². The van der Waals surface area contributed by atoms with Crippen molar-refractivity contribution in [1.29, 1.82) is 0 Å². The van der Waals surface area contributed by atoms with Crippen molar-refractivity contribution in [3.05, 3.63) is 35.9 Å². The summed E-state index contributed by atoms with van der Waals surface area (Å²) >= 11 is 0. The van der Waals surface area contributed by atoms with Gasteiger partial charge in [-0.2, -0.15) is 0 Å². The maximum Gasteiger partial charge on any atom is 0.0445 e. The summed E-state index contributed by atoms with van der Waals surface area (Å²) in [4.78, 5) is 2.46. The second kappa shape index (κ2) is 6.72. The van der Waals surface area contributed by atoms with Crippen LogP contribution in [0.3, 0.4) is 0 Å². The van der Waals surface area contributed by atoms with Crippen molar-refractivity contribution in [2.45, 2.75) is 24.9 Å². The Balaban J connectivity index is 1.88. The van der Waals surface area contributed by atoms with E-state index in [9.17, 15) is 0 Å². The predicted molar refractivity (Wildman–Crippen MR) is 79.6 cm³/mol. The fourth-order valence-corrected chi connectivity index (χ4v) is 2.72. The van der Waals surface area contributed by atoms with E-state index in [-0.39, 0.29) is 5.54 Å². The topological polar surface area (TPSA) is 41.3 Å². The second-order valence-corrected chi connectivity index (χ2v) is 5.31. The zero-order valence-corrected chi connectivity index (χ0v) is 11.4. The summed E-state index contributed by atoms with van der Waals surface area (Å²) in [6.45, 7) is 4.62. The van der Waals surface area contributed by atoms with Crippen LogP contribution in [0, 0.1) is 12.3 Å². The first-order valence-electron chi connectivity index (χ1n) is 6.93. The highest BCUT2D eigenvalue weighted by molar-refractivity contribution is 5.15. The molecule has 1 heterocycles. The van der Waals surface area contributed by atoms with Crippen LogP contribution in [0.2, 0.25) is 0 Å². The van der Waals surface area contributed by atoms with E-state index in [1.807, 2.05) is 0 Å². The SMILES string of the molecule is C#CCCNC1(CN)CCN(Cc2ccccc2)C1. The molecule has 0 amide bonds. The number of hydrogen-bond acceptors (Lipinski definition) is 3. The highest BCUT2D eigenvalue weighted by Gasteiger charge is 2.36. The number of likely N-dealkylation sites (tertiary alicyclic amines) is 1. The molecule has 3 heteroatoms. The molecule has 1 unspecified atom stereocenters. The van der Waals surface area contributed by atoms with Crippen LogP contribution in [-0.2, 0) is 6.54 Å². The summed E-state index contributed by atoms with van der Waals surface area (Å²) < 4.78 is 0. The van der Waals surface area contributed by atoms with E-state index in [2.05, 4.69) is 46.5 Å². The Labute approximate surface area is 116 Å². The fourth-order valence-electron chi connectivity index (χ4n) is 2.72. The first-order valence-corrected chi connectivity index (χ1v) is 6.93. The van der Waals surface area contributed by atoms with Gasteiger partial charge in [0.1, 0.15) is 0 Å². The lowest BCUT2D eigenvalue weighted by atomic mass is 9.99. The maximum absolute atomic E-state index is 5.97. The minimum absolute atomic E-state index is 0.0473. The van der Waals surface area contributed by atoms with Crippen LogP contribution in [-0.4, -0.2) is 36.6 Å². The van der Waals surface area contributed by atoms with E-state index in [0.29, 0.717) is 6.54 Å².